The minimum absolute atomic E-state index is 0.425. The van der Waals surface area contributed by atoms with Crippen LogP contribution in [-0.4, -0.2) is 65.7 Å². The summed E-state index contributed by atoms with van der Waals surface area (Å²) < 4.78 is 0. The minimum Gasteiger partial charge on any atom is -0.480 e. The third-order valence-corrected chi connectivity index (χ3v) is 3.48. The molecule has 1 saturated heterocycles. The van der Waals surface area contributed by atoms with Crippen LogP contribution in [0, 0.1) is 0 Å². The normalized spacial score (nSPS) is 18.4. The Bertz CT molecular complexity index is 270. The van der Waals surface area contributed by atoms with Gasteiger partial charge in [-0.1, -0.05) is 0 Å². The number of carbonyl (C=O) groups is 2. The quantitative estimate of drug-likeness (QED) is 0.639. The Morgan fingerprint density at radius 3 is 2.65 bits per heavy atom. The van der Waals surface area contributed by atoms with Gasteiger partial charge in [0, 0.05) is 37.7 Å². The molecule has 0 bridgehead atoms. The van der Waals surface area contributed by atoms with Gasteiger partial charge < -0.3 is 15.7 Å². The van der Waals surface area contributed by atoms with Crippen LogP contribution in [0.4, 0.5) is 4.79 Å². The summed E-state index contributed by atoms with van der Waals surface area (Å²) in [6.07, 6.45) is 0. The van der Waals surface area contributed by atoms with Gasteiger partial charge in [-0.15, -0.1) is 0 Å². The van der Waals surface area contributed by atoms with Crippen LogP contribution in [0.25, 0.3) is 0 Å². The maximum Gasteiger partial charge on any atom is 0.325 e. The summed E-state index contributed by atoms with van der Waals surface area (Å²) in [5.41, 5.74) is 0. The fourth-order valence-electron chi connectivity index (χ4n) is 1.46. The Morgan fingerprint density at radius 1 is 1.41 bits per heavy atom. The lowest BCUT2D eigenvalue weighted by molar-refractivity contribution is -0.138. The van der Waals surface area contributed by atoms with Crippen molar-refractivity contribution in [2.75, 3.05) is 37.7 Å². The monoisotopic (exact) mass is 261 g/mol. The van der Waals surface area contributed by atoms with Gasteiger partial charge in [0.15, 0.2) is 0 Å². The number of nitrogens with zero attached hydrogens (tertiary/aromatic N) is 1. The Morgan fingerprint density at radius 2 is 2.06 bits per heavy atom. The maximum absolute atomic E-state index is 11.3. The molecule has 17 heavy (non-hydrogen) atoms. The summed E-state index contributed by atoms with van der Waals surface area (Å²) in [4.78, 5) is 24.1. The van der Waals surface area contributed by atoms with Crippen molar-refractivity contribution >= 4 is 23.8 Å². The average molecular weight is 261 g/mol. The van der Waals surface area contributed by atoms with Crippen molar-refractivity contribution in [2.24, 2.45) is 0 Å². The molecule has 0 unspecified atom stereocenters. The molecule has 0 saturated carbocycles. The van der Waals surface area contributed by atoms with E-state index < -0.39 is 18.0 Å². The summed E-state index contributed by atoms with van der Waals surface area (Å²) in [6.45, 7) is 4.90. The molecule has 0 aliphatic carbocycles. The number of carboxylic acids is 1. The molecule has 3 N–H and O–H groups in total. The van der Waals surface area contributed by atoms with E-state index in [9.17, 15) is 9.59 Å². The van der Waals surface area contributed by atoms with E-state index in [1.807, 2.05) is 11.8 Å². The Labute approximate surface area is 105 Å². The Kier molecular flexibility index (Phi) is 6.13. The van der Waals surface area contributed by atoms with Gasteiger partial charge in [0.05, 0.1) is 0 Å². The molecule has 2 amide bonds. The van der Waals surface area contributed by atoms with E-state index in [-0.39, 0.29) is 0 Å². The first kappa shape index (κ1) is 14.1. The molecule has 1 heterocycles. The van der Waals surface area contributed by atoms with Crippen LogP contribution < -0.4 is 10.6 Å². The van der Waals surface area contributed by atoms with E-state index in [2.05, 4.69) is 15.5 Å². The first-order chi connectivity index (χ1) is 8.09. The van der Waals surface area contributed by atoms with Crippen molar-refractivity contribution in [1.29, 1.82) is 0 Å². The number of nitrogens with one attached hydrogen (secondary N) is 2. The molecule has 7 heteroatoms. The third kappa shape index (κ3) is 5.78. The second-order valence-electron chi connectivity index (χ2n) is 3.91. The van der Waals surface area contributed by atoms with E-state index >= 15 is 0 Å². The van der Waals surface area contributed by atoms with Crippen molar-refractivity contribution in [3.05, 3.63) is 0 Å². The number of hydrogen-bond donors (Lipinski definition) is 3. The van der Waals surface area contributed by atoms with Gasteiger partial charge in [-0.3, -0.25) is 9.69 Å². The van der Waals surface area contributed by atoms with E-state index in [4.69, 9.17) is 5.11 Å². The molecule has 1 fully saturated rings. The van der Waals surface area contributed by atoms with Crippen LogP contribution >= 0.6 is 11.8 Å². The SMILES string of the molecule is C[C@H](NC(=O)NCCN1CCSCC1)C(=O)O. The number of amides is 2. The Balaban J connectivity index is 2.09. The summed E-state index contributed by atoms with van der Waals surface area (Å²) in [5.74, 6) is 1.25. The summed E-state index contributed by atoms with van der Waals surface area (Å²) in [7, 11) is 0. The summed E-state index contributed by atoms with van der Waals surface area (Å²) in [5, 5.41) is 13.6. The van der Waals surface area contributed by atoms with Crippen LogP contribution in [0.2, 0.25) is 0 Å². The highest BCUT2D eigenvalue weighted by Gasteiger charge is 2.14. The van der Waals surface area contributed by atoms with Gasteiger partial charge in [-0.2, -0.15) is 11.8 Å². The molecule has 0 aromatic carbocycles. The van der Waals surface area contributed by atoms with Gasteiger partial charge >= 0.3 is 12.0 Å². The number of rotatable bonds is 5. The molecule has 1 aliphatic heterocycles. The standard InChI is InChI=1S/C10H19N3O3S/c1-8(9(14)15)12-10(16)11-2-3-13-4-6-17-7-5-13/h8H,2-7H2,1H3,(H,14,15)(H2,11,12,16)/t8-/m0/s1. The molecular formula is C10H19N3O3S. The van der Waals surface area contributed by atoms with Crippen LogP contribution in [0.5, 0.6) is 0 Å². The predicted molar refractivity (Wildman–Crippen MR) is 67.4 cm³/mol. The highest BCUT2D eigenvalue weighted by Crippen LogP contribution is 2.07. The number of hydrogen-bond acceptors (Lipinski definition) is 4. The zero-order valence-electron chi connectivity index (χ0n) is 9.94. The number of carbonyl (C=O) groups excluding carboxylic acids is 1. The van der Waals surface area contributed by atoms with Crippen molar-refractivity contribution in [1.82, 2.24) is 15.5 Å². The van der Waals surface area contributed by atoms with Crippen molar-refractivity contribution in [3.63, 3.8) is 0 Å². The second-order valence-corrected chi connectivity index (χ2v) is 5.14. The first-order valence-electron chi connectivity index (χ1n) is 5.67. The molecule has 1 atom stereocenters. The van der Waals surface area contributed by atoms with Crippen molar-refractivity contribution in [2.45, 2.75) is 13.0 Å². The molecule has 0 radical (unpaired) electrons. The average Bonchev–Trinajstić information content (AvgIpc) is 2.30. The van der Waals surface area contributed by atoms with Crippen molar-refractivity contribution < 1.29 is 14.7 Å². The number of aliphatic carboxylic acids is 1. The van der Waals surface area contributed by atoms with E-state index in [1.165, 1.54) is 6.92 Å². The molecule has 1 rings (SSSR count). The highest BCUT2D eigenvalue weighted by molar-refractivity contribution is 7.99. The smallest absolute Gasteiger partial charge is 0.325 e. The molecule has 0 spiro atoms. The largest absolute Gasteiger partial charge is 0.480 e. The van der Waals surface area contributed by atoms with Crippen LogP contribution in [-0.2, 0) is 4.79 Å². The van der Waals surface area contributed by atoms with Crippen molar-refractivity contribution in [3.8, 4) is 0 Å². The highest BCUT2D eigenvalue weighted by atomic mass is 32.2. The van der Waals surface area contributed by atoms with E-state index in [0.717, 1.165) is 31.1 Å². The lowest BCUT2D eigenvalue weighted by Gasteiger charge is -2.26. The molecule has 98 valence electrons. The van der Waals surface area contributed by atoms with Gasteiger partial charge in [-0.05, 0) is 6.92 Å². The topological polar surface area (TPSA) is 81.7 Å². The van der Waals surface area contributed by atoms with Gasteiger partial charge in [0.2, 0.25) is 0 Å². The lowest BCUT2D eigenvalue weighted by atomic mass is 10.3. The van der Waals surface area contributed by atoms with E-state index in [1.54, 1.807) is 0 Å². The van der Waals surface area contributed by atoms with Crippen LogP contribution in [0.3, 0.4) is 0 Å². The first-order valence-corrected chi connectivity index (χ1v) is 6.82. The second kappa shape index (κ2) is 7.39. The summed E-state index contributed by atoms with van der Waals surface area (Å²) >= 11 is 1.94. The van der Waals surface area contributed by atoms with Gasteiger partial charge in [0.25, 0.3) is 0 Å². The summed E-state index contributed by atoms with van der Waals surface area (Å²) in [6, 6.07) is -1.28. The molecule has 6 nitrogen and oxygen atoms in total. The Hall–Kier alpha value is -0.950. The number of thioether (sulfide) groups is 1. The van der Waals surface area contributed by atoms with Crippen LogP contribution in [0.1, 0.15) is 6.92 Å². The zero-order chi connectivity index (χ0) is 12.7. The number of urea groups is 1. The van der Waals surface area contributed by atoms with Gasteiger partial charge in [0.1, 0.15) is 6.04 Å². The molecule has 0 aromatic rings. The molecule has 0 aromatic heterocycles. The predicted octanol–water partition coefficient (Wildman–Crippen LogP) is -0.192. The minimum atomic E-state index is -1.03. The van der Waals surface area contributed by atoms with Crippen LogP contribution in [0.15, 0.2) is 0 Å². The third-order valence-electron chi connectivity index (χ3n) is 2.54. The molecular weight excluding hydrogens is 242 g/mol. The lowest BCUT2D eigenvalue weighted by Crippen LogP contribution is -2.47. The fourth-order valence-corrected chi connectivity index (χ4v) is 2.44. The van der Waals surface area contributed by atoms with E-state index in [0.29, 0.717) is 6.54 Å². The number of carboxylic acid groups (broad SMARTS) is 1. The maximum atomic E-state index is 11.3. The zero-order valence-corrected chi connectivity index (χ0v) is 10.8. The van der Waals surface area contributed by atoms with Gasteiger partial charge in [-0.25, -0.2) is 4.79 Å². The fraction of sp³-hybridized carbons (Fsp3) is 0.800. The molecule has 1 aliphatic rings.